The minimum absolute atomic E-state index is 0.0265. The Morgan fingerprint density at radius 1 is 0.800 bits per heavy atom. The lowest BCUT2D eigenvalue weighted by Crippen LogP contribution is -2.31. The number of rotatable bonds is 12. The Bertz CT molecular complexity index is 2110. The van der Waals surface area contributed by atoms with E-state index in [0.717, 1.165) is 39.1 Å². The fraction of sp³-hybridized carbons (Fsp3) is 0.184. The number of nitrogens with zero attached hydrogens (tertiary/aromatic N) is 4. The van der Waals surface area contributed by atoms with Gasteiger partial charge in [0.1, 0.15) is 0 Å². The van der Waals surface area contributed by atoms with Gasteiger partial charge in [0.15, 0.2) is 6.29 Å². The monoisotopic (exact) mass is 705 g/mol. The van der Waals surface area contributed by atoms with E-state index in [0.29, 0.717) is 17.3 Å². The van der Waals surface area contributed by atoms with Crippen LogP contribution in [0.4, 0.5) is 0 Å². The fourth-order valence-corrected chi connectivity index (χ4v) is 7.76. The minimum Gasteiger partial charge on any atom is -0.392 e. The van der Waals surface area contributed by atoms with Crippen molar-refractivity contribution in [3.05, 3.63) is 156 Å². The number of thioether (sulfide) groups is 1. The van der Waals surface area contributed by atoms with Gasteiger partial charge >= 0.3 is 0 Å². The van der Waals surface area contributed by atoms with Crippen molar-refractivity contribution in [3.63, 3.8) is 0 Å². The Morgan fingerprint density at radius 3 is 2.22 bits per heavy atom. The molecule has 2 heterocycles. The van der Waals surface area contributed by atoms with E-state index in [4.69, 9.17) is 9.47 Å². The summed E-state index contributed by atoms with van der Waals surface area (Å²) in [5.74, 6) is 0.600. The second-order valence-electron chi connectivity index (χ2n) is 11.8. The first-order valence-electron chi connectivity index (χ1n) is 16.2. The van der Waals surface area contributed by atoms with Crippen LogP contribution < -0.4 is 4.72 Å². The van der Waals surface area contributed by atoms with Gasteiger partial charge in [-0.3, -0.25) is 0 Å². The Morgan fingerprint density at radius 2 is 1.48 bits per heavy atom. The van der Waals surface area contributed by atoms with Crippen molar-refractivity contribution in [3.8, 4) is 16.8 Å². The highest BCUT2D eigenvalue weighted by atomic mass is 32.2. The second kappa shape index (κ2) is 15.5. The molecule has 0 aliphatic carbocycles. The zero-order chi connectivity index (χ0) is 34.3. The van der Waals surface area contributed by atoms with E-state index in [9.17, 15) is 13.5 Å². The Hall–Kier alpha value is -4.69. The van der Waals surface area contributed by atoms with Crippen LogP contribution in [-0.2, 0) is 32.6 Å². The number of aromatic nitrogens is 4. The first kappa shape index (κ1) is 33.8. The van der Waals surface area contributed by atoms with Crippen LogP contribution in [0.1, 0.15) is 41.1 Å². The standard InChI is InChI=1S/C38H35N5O5S2/c44-25-27-15-17-29(18-16-27)36-23-33(26-49-38-40-41-42-43(38)32-10-3-1-4-11-32)47-37(48-36)30-21-19-28(20-22-30)35-14-8-7-9-31(35)24-39-50(45,46)34-12-5-2-6-13-34/h1-22,33,36-37,39,44H,23-26H2. The summed E-state index contributed by atoms with van der Waals surface area (Å²) in [6.07, 6.45) is -0.432. The number of para-hydroxylation sites is 1. The summed E-state index contributed by atoms with van der Waals surface area (Å²) in [6.45, 7) is 0.120. The van der Waals surface area contributed by atoms with Gasteiger partial charge in [-0.15, -0.1) is 5.10 Å². The molecule has 10 nitrogen and oxygen atoms in total. The lowest BCUT2D eigenvalue weighted by molar-refractivity contribution is -0.245. The van der Waals surface area contributed by atoms with Gasteiger partial charge in [0.2, 0.25) is 15.2 Å². The number of aliphatic hydroxyl groups is 1. The van der Waals surface area contributed by atoms with Crippen molar-refractivity contribution in [1.82, 2.24) is 24.9 Å². The SMILES string of the molecule is O=S(=O)(NCc1ccccc1-c1ccc(C2OC(CSc3nnnn3-c3ccccc3)CC(c3ccc(CO)cc3)O2)cc1)c1ccccc1. The molecule has 0 amide bonds. The van der Waals surface area contributed by atoms with Crippen molar-refractivity contribution >= 4 is 21.8 Å². The van der Waals surface area contributed by atoms with E-state index in [-0.39, 0.29) is 30.3 Å². The van der Waals surface area contributed by atoms with Crippen molar-refractivity contribution in [2.75, 3.05) is 5.75 Å². The third kappa shape index (κ3) is 7.86. The van der Waals surface area contributed by atoms with Crippen molar-refractivity contribution in [2.45, 2.75) is 48.1 Å². The molecule has 1 aromatic heterocycles. The summed E-state index contributed by atoms with van der Waals surface area (Å²) >= 11 is 1.53. The van der Waals surface area contributed by atoms with E-state index in [2.05, 4.69) is 20.2 Å². The van der Waals surface area contributed by atoms with E-state index in [1.54, 1.807) is 35.0 Å². The number of benzene rings is 5. The summed E-state index contributed by atoms with van der Waals surface area (Å²) in [5, 5.41) is 22.6. The summed E-state index contributed by atoms with van der Waals surface area (Å²) in [4.78, 5) is 0.225. The number of sulfonamides is 1. The van der Waals surface area contributed by atoms with Gasteiger partial charge < -0.3 is 14.6 Å². The van der Waals surface area contributed by atoms with Gasteiger partial charge in [-0.25, -0.2) is 13.1 Å². The zero-order valence-electron chi connectivity index (χ0n) is 26.9. The average Bonchev–Trinajstić information content (AvgIpc) is 3.66. The molecule has 1 aliphatic heterocycles. The van der Waals surface area contributed by atoms with Gasteiger partial charge in [0.25, 0.3) is 0 Å². The molecule has 1 saturated heterocycles. The molecule has 7 rings (SSSR count). The molecule has 0 saturated carbocycles. The van der Waals surface area contributed by atoms with Crippen LogP contribution in [0.25, 0.3) is 16.8 Å². The first-order valence-corrected chi connectivity index (χ1v) is 18.6. The predicted molar refractivity (Wildman–Crippen MR) is 191 cm³/mol. The fourth-order valence-electron chi connectivity index (χ4n) is 5.82. The summed E-state index contributed by atoms with van der Waals surface area (Å²) < 4.78 is 43.4. The Labute approximate surface area is 295 Å². The predicted octanol–water partition coefficient (Wildman–Crippen LogP) is 6.64. The van der Waals surface area contributed by atoms with Crippen LogP contribution in [-0.4, -0.2) is 45.6 Å². The molecule has 2 N–H and O–H groups in total. The Kier molecular flexibility index (Phi) is 10.5. The van der Waals surface area contributed by atoms with Gasteiger partial charge in [0.05, 0.1) is 29.4 Å². The number of hydrogen-bond donors (Lipinski definition) is 2. The van der Waals surface area contributed by atoms with E-state index >= 15 is 0 Å². The molecule has 1 fully saturated rings. The highest BCUT2D eigenvalue weighted by Crippen LogP contribution is 2.40. The number of ether oxygens (including phenoxy) is 2. The van der Waals surface area contributed by atoms with Crippen molar-refractivity contribution in [1.29, 1.82) is 0 Å². The quantitative estimate of drug-likeness (QED) is 0.135. The average molecular weight is 706 g/mol. The molecule has 0 spiro atoms. The van der Waals surface area contributed by atoms with Crippen LogP contribution in [0.3, 0.4) is 0 Å². The minimum atomic E-state index is -3.66. The normalized spacial score (nSPS) is 17.8. The van der Waals surface area contributed by atoms with Crippen molar-refractivity contribution in [2.24, 2.45) is 0 Å². The molecule has 0 radical (unpaired) electrons. The summed E-state index contributed by atoms with van der Waals surface area (Å²) in [6, 6.07) is 41.6. The topological polar surface area (TPSA) is 128 Å². The maximum atomic E-state index is 12.9. The number of tetrazole rings is 1. The second-order valence-corrected chi connectivity index (χ2v) is 14.5. The zero-order valence-corrected chi connectivity index (χ0v) is 28.6. The van der Waals surface area contributed by atoms with E-state index < -0.39 is 16.3 Å². The van der Waals surface area contributed by atoms with Gasteiger partial charge in [-0.2, -0.15) is 4.68 Å². The van der Waals surface area contributed by atoms with Crippen LogP contribution in [0.2, 0.25) is 0 Å². The third-order valence-electron chi connectivity index (χ3n) is 8.47. The Balaban J connectivity index is 1.09. The number of aliphatic hydroxyl groups excluding tert-OH is 1. The number of hydrogen-bond acceptors (Lipinski definition) is 9. The van der Waals surface area contributed by atoms with Crippen molar-refractivity contribution < 1.29 is 23.0 Å². The smallest absolute Gasteiger partial charge is 0.240 e. The summed E-state index contributed by atoms with van der Waals surface area (Å²) in [5.41, 5.74) is 6.29. The molecule has 12 heteroatoms. The van der Waals surface area contributed by atoms with Gasteiger partial charge in [-0.1, -0.05) is 121 Å². The molecule has 3 unspecified atom stereocenters. The molecule has 6 aromatic rings. The van der Waals surface area contributed by atoms with Gasteiger partial charge in [-0.05, 0) is 62.5 Å². The third-order valence-corrected chi connectivity index (χ3v) is 10.9. The lowest BCUT2D eigenvalue weighted by Gasteiger charge is -2.36. The van der Waals surface area contributed by atoms with Gasteiger partial charge in [0, 0.05) is 24.3 Å². The molecular formula is C38H35N5O5S2. The van der Waals surface area contributed by atoms with Crippen LogP contribution in [0.5, 0.6) is 0 Å². The molecule has 254 valence electrons. The molecule has 50 heavy (non-hydrogen) atoms. The molecule has 5 aromatic carbocycles. The molecule has 3 atom stereocenters. The van der Waals surface area contributed by atoms with Crippen LogP contribution >= 0.6 is 11.8 Å². The maximum absolute atomic E-state index is 12.9. The highest BCUT2D eigenvalue weighted by Gasteiger charge is 2.33. The maximum Gasteiger partial charge on any atom is 0.240 e. The number of nitrogens with one attached hydrogen (secondary N) is 1. The molecule has 1 aliphatic rings. The van der Waals surface area contributed by atoms with E-state index in [1.807, 2.05) is 103 Å². The van der Waals surface area contributed by atoms with Crippen LogP contribution in [0, 0.1) is 0 Å². The van der Waals surface area contributed by atoms with E-state index in [1.165, 1.54) is 11.8 Å². The lowest BCUT2D eigenvalue weighted by atomic mass is 9.98. The first-order chi connectivity index (χ1) is 24.5. The van der Waals surface area contributed by atoms with Crippen LogP contribution in [0.15, 0.2) is 144 Å². The molecule has 0 bridgehead atoms. The molecular weight excluding hydrogens is 671 g/mol. The largest absolute Gasteiger partial charge is 0.392 e. The summed E-state index contributed by atoms with van der Waals surface area (Å²) in [7, 11) is -3.66. The highest BCUT2D eigenvalue weighted by molar-refractivity contribution is 7.99.